The van der Waals surface area contributed by atoms with Crippen LogP contribution in [0.25, 0.3) is 11.3 Å². The molecule has 0 unspecified atom stereocenters. The number of benzene rings is 2. The van der Waals surface area contributed by atoms with Gasteiger partial charge in [0, 0.05) is 24.2 Å². The van der Waals surface area contributed by atoms with Gasteiger partial charge in [0.1, 0.15) is 5.69 Å². The summed E-state index contributed by atoms with van der Waals surface area (Å²) in [5.74, 6) is -0.282. The van der Waals surface area contributed by atoms with E-state index in [1.54, 1.807) is 18.2 Å². The zero-order chi connectivity index (χ0) is 18.3. The molecular formula is C18H13ClN4O3. The van der Waals surface area contributed by atoms with Crippen molar-refractivity contribution in [3.05, 3.63) is 74.9 Å². The second kappa shape index (κ2) is 6.27. The van der Waals surface area contributed by atoms with E-state index in [4.69, 9.17) is 11.6 Å². The second-order valence-corrected chi connectivity index (χ2v) is 6.33. The molecule has 130 valence electrons. The number of anilines is 1. The summed E-state index contributed by atoms with van der Waals surface area (Å²) < 4.78 is 0. The SMILES string of the molecule is O=C(c1cc(-c2ccccc2Cl)n[nH]1)N1CCc2ccc([N+](=O)[O-])cc21. The van der Waals surface area contributed by atoms with Crippen LogP contribution in [0.1, 0.15) is 16.1 Å². The Kier molecular flexibility index (Phi) is 3.93. The Morgan fingerprint density at radius 1 is 1.23 bits per heavy atom. The maximum Gasteiger partial charge on any atom is 0.276 e. The molecule has 0 bridgehead atoms. The van der Waals surface area contributed by atoms with Crippen molar-refractivity contribution in [1.29, 1.82) is 0 Å². The molecule has 1 aromatic heterocycles. The monoisotopic (exact) mass is 368 g/mol. The number of nitrogens with zero attached hydrogens (tertiary/aromatic N) is 3. The molecule has 0 spiro atoms. The van der Waals surface area contributed by atoms with Gasteiger partial charge in [-0.2, -0.15) is 5.10 Å². The van der Waals surface area contributed by atoms with Crippen LogP contribution in [0.5, 0.6) is 0 Å². The minimum absolute atomic E-state index is 0.0372. The average molecular weight is 369 g/mol. The van der Waals surface area contributed by atoms with Crippen LogP contribution in [-0.2, 0) is 6.42 Å². The van der Waals surface area contributed by atoms with Gasteiger partial charge in [-0.25, -0.2) is 0 Å². The lowest BCUT2D eigenvalue weighted by Crippen LogP contribution is -2.29. The third-order valence-corrected chi connectivity index (χ3v) is 4.71. The molecule has 0 saturated carbocycles. The number of non-ortho nitro benzene ring substituents is 1. The van der Waals surface area contributed by atoms with Gasteiger partial charge < -0.3 is 4.90 Å². The normalized spacial score (nSPS) is 12.9. The number of aromatic amines is 1. The number of nitro groups is 1. The quantitative estimate of drug-likeness (QED) is 0.561. The van der Waals surface area contributed by atoms with Gasteiger partial charge in [-0.15, -0.1) is 0 Å². The van der Waals surface area contributed by atoms with E-state index >= 15 is 0 Å². The van der Waals surface area contributed by atoms with E-state index in [1.807, 2.05) is 18.2 Å². The fourth-order valence-electron chi connectivity index (χ4n) is 3.08. The summed E-state index contributed by atoms with van der Waals surface area (Å²) in [6.45, 7) is 0.468. The van der Waals surface area contributed by atoms with Crippen molar-refractivity contribution >= 4 is 28.9 Å². The lowest BCUT2D eigenvalue weighted by molar-refractivity contribution is -0.384. The van der Waals surface area contributed by atoms with Gasteiger partial charge in [0.2, 0.25) is 0 Å². The summed E-state index contributed by atoms with van der Waals surface area (Å²) in [6, 6.07) is 13.5. The second-order valence-electron chi connectivity index (χ2n) is 5.92. The smallest absolute Gasteiger partial charge is 0.276 e. The molecule has 26 heavy (non-hydrogen) atoms. The van der Waals surface area contributed by atoms with Crippen LogP contribution < -0.4 is 4.90 Å². The van der Waals surface area contributed by atoms with Gasteiger partial charge in [0.05, 0.1) is 21.3 Å². The molecule has 4 rings (SSSR count). The van der Waals surface area contributed by atoms with Crippen LogP contribution in [0, 0.1) is 10.1 Å². The average Bonchev–Trinajstić information content (AvgIpc) is 3.28. The summed E-state index contributed by atoms with van der Waals surface area (Å²) in [4.78, 5) is 25.0. The van der Waals surface area contributed by atoms with E-state index in [0.717, 1.165) is 11.1 Å². The predicted octanol–water partition coefficient (Wildman–Crippen LogP) is 3.84. The topological polar surface area (TPSA) is 92.1 Å². The molecule has 8 heteroatoms. The number of nitro benzene ring substituents is 1. The summed E-state index contributed by atoms with van der Waals surface area (Å²) in [7, 11) is 0. The highest BCUT2D eigenvalue weighted by atomic mass is 35.5. The van der Waals surface area contributed by atoms with E-state index in [2.05, 4.69) is 10.2 Å². The van der Waals surface area contributed by atoms with Crippen molar-refractivity contribution in [3.8, 4) is 11.3 Å². The first-order valence-electron chi connectivity index (χ1n) is 7.94. The fourth-order valence-corrected chi connectivity index (χ4v) is 3.31. The largest absolute Gasteiger partial charge is 0.306 e. The first kappa shape index (κ1) is 16.3. The Labute approximate surface area is 153 Å². The van der Waals surface area contributed by atoms with Gasteiger partial charge in [-0.1, -0.05) is 35.9 Å². The van der Waals surface area contributed by atoms with E-state index in [0.29, 0.717) is 35.1 Å². The first-order chi connectivity index (χ1) is 12.5. The molecule has 0 radical (unpaired) electrons. The van der Waals surface area contributed by atoms with Crippen LogP contribution in [0.15, 0.2) is 48.5 Å². The Morgan fingerprint density at radius 2 is 2.04 bits per heavy atom. The van der Waals surface area contributed by atoms with Gasteiger partial charge >= 0.3 is 0 Å². The third kappa shape index (κ3) is 2.72. The Balaban J connectivity index is 1.66. The number of aromatic nitrogens is 2. The summed E-state index contributed by atoms with van der Waals surface area (Å²) in [5, 5.41) is 18.5. The number of hydrogen-bond acceptors (Lipinski definition) is 4. The molecule has 7 nitrogen and oxygen atoms in total. The van der Waals surface area contributed by atoms with Crippen molar-refractivity contribution in [1.82, 2.24) is 10.2 Å². The Morgan fingerprint density at radius 3 is 2.81 bits per heavy atom. The van der Waals surface area contributed by atoms with E-state index in [9.17, 15) is 14.9 Å². The number of carbonyl (C=O) groups is 1. The number of carbonyl (C=O) groups excluding carboxylic acids is 1. The minimum atomic E-state index is -0.465. The lowest BCUT2D eigenvalue weighted by atomic mass is 10.1. The zero-order valence-corrected chi connectivity index (χ0v) is 14.2. The van der Waals surface area contributed by atoms with Crippen LogP contribution >= 0.6 is 11.6 Å². The molecule has 2 heterocycles. The van der Waals surface area contributed by atoms with Crippen LogP contribution in [-0.4, -0.2) is 27.6 Å². The van der Waals surface area contributed by atoms with Crippen molar-refractivity contribution in [3.63, 3.8) is 0 Å². The molecule has 3 aromatic rings. The maximum absolute atomic E-state index is 12.9. The molecule has 1 aliphatic rings. The first-order valence-corrected chi connectivity index (χ1v) is 8.32. The predicted molar refractivity (Wildman–Crippen MR) is 97.5 cm³/mol. The van der Waals surface area contributed by atoms with Gasteiger partial charge in [-0.05, 0) is 24.1 Å². The molecule has 1 amide bonds. The number of nitrogens with one attached hydrogen (secondary N) is 1. The van der Waals surface area contributed by atoms with Crippen molar-refractivity contribution in [2.75, 3.05) is 11.4 Å². The third-order valence-electron chi connectivity index (χ3n) is 4.38. The Bertz CT molecular complexity index is 1030. The number of halogens is 1. The number of H-pyrrole nitrogens is 1. The highest BCUT2D eigenvalue weighted by Crippen LogP contribution is 2.33. The molecule has 0 atom stereocenters. The summed E-state index contributed by atoms with van der Waals surface area (Å²) in [5.41, 5.74) is 3.04. The molecular weight excluding hydrogens is 356 g/mol. The van der Waals surface area contributed by atoms with Crippen LogP contribution in [0.4, 0.5) is 11.4 Å². The molecule has 1 aliphatic heterocycles. The number of amides is 1. The highest BCUT2D eigenvalue weighted by Gasteiger charge is 2.28. The molecule has 0 aliphatic carbocycles. The highest BCUT2D eigenvalue weighted by molar-refractivity contribution is 6.33. The van der Waals surface area contributed by atoms with Gasteiger partial charge in [0.25, 0.3) is 11.6 Å². The van der Waals surface area contributed by atoms with Crippen LogP contribution in [0.2, 0.25) is 5.02 Å². The molecule has 1 N–H and O–H groups in total. The fraction of sp³-hybridized carbons (Fsp3) is 0.111. The number of fused-ring (bicyclic) bond motifs is 1. The van der Waals surface area contributed by atoms with Gasteiger partial charge in [-0.3, -0.25) is 20.0 Å². The number of rotatable bonds is 3. The zero-order valence-electron chi connectivity index (χ0n) is 13.5. The van der Waals surface area contributed by atoms with Crippen LogP contribution in [0.3, 0.4) is 0 Å². The van der Waals surface area contributed by atoms with Crippen molar-refractivity contribution in [2.45, 2.75) is 6.42 Å². The molecule has 0 saturated heterocycles. The molecule has 0 fully saturated rings. The van der Waals surface area contributed by atoms with E-state index in [1.165, 1.54) is 17.0 Å². The van der Waals surface area contributed by atoms with Gasteiger partial charge in [0.15, 0.2) is 0 Å². The summed E-state index contributed by atoms with van der Waals surface area (Å²) in [6.07, 6.45) is 0.657. The minimum Gasteiger partial charge on any atom is -0.306 e. The van der Waals surface area contributed by atoms with E-state index in [-0.39, 0.29) is 11.6 Å². The van der Waals surface area contributed by atoms with Crippen molar-refractivity contribution < 1.29 is 9.72 Å². The number of hydrogen-bond donors (Lipinski definition) is 1. The lowest BCUT2D eigenvalue weighted by Gasteiger charge is -2.15. The van der Waals surface area contributed by atoms with Crippen molar-refractivity contribution in [2.24, 2.45) is 0 Å². The molecule has 2 aromatic carbocycles. The van der Waals surface area contributed by atoms with E-state index < -0.39 is 4.92 Å². The summed E-state index contributed by atoms with van der Waals surface area (Å²) >= 11 is 6.18. The standard InChI is InChI=1S/C18H13ClN4O3/c19-14-4-2-1-3-13(14)15-10-16(21-20-15)18(24)22-8-7-11-5-6-12(23(25)26)9-17(11)22/h1-6,9-10H,7-8H2,(H,20,21). The maximum atomic E-state index is 12.9. The Hall–Kier alpha value is -3.19.